The normalized spacial score (nSPS) is 9.66. The summed E-state index contributed by atoms with van der Waals surface area (Å²) in [5.41, 5.74) is 9.20. The zero-order valence-electron chi connectivity index (χ0n) is 20.2. The molecule has 35 heavy (non-hydrogen) atoms. The molecule has 0 amide bonds. The summed E-state index contributed by atoms with van der Waals surface area (Å²) in [5, 5.41) is 0. The van der Waals surface area contributed by atoms with Gasteiger partial charge in [0.25, 0.3) is 0 Å². The number of benzene rings is 4. The van der Waals surface area contributed by atoms with Crippen molar-refractivity contribution in [3.8, 4) is 35.5 Å². The highest BCUT2D eigenvalue weighted by molar-refractivity contribution is 6.32. The number of rotatable bonds is 2. The van der Waals surface area contributed by atoms with E-state index >= 15 is 0 Å². The maximum absolute atomic E-state index is 5.76. The molecule has 0 unspecified atom stereocenters. The molecule has 4 aromatic carbocycles. The third kappa shape index (κ3) is 6.58. The Kier molecular flexibility index (Phi) is 7.92. The third-order valence-corrected chi connectivity index (χ3v) is 5.69. The lowest BCUT2D eigenvalue weighted by atomic mass is 9.95. The fourth-order valence-electron chi connectivity index (χ4n) is 3.68. The van der Waals surface area contributed by atoms with Gasteiger partial charge in [-0.25, -0.2) is 0 Å². The number of hydrogen-bond acceptors (Lipinski definition) is 0. The molecule has 0 atom stereocenters. The first kappa shape index (κ1) is 23.8. The maximum atomic E-state index is 5.76. The van der Waals surface area contributed by atoms with Crippen LogP contribution in [0.5, 0.6) is 0 Å². The molecule has 164 valence electrons. The van der Waals surface area contributed by atoms with Crippen LogP contribution in [0.15, 0.2) is 91.0 Å². The second kappa shape index (κ2) is 11.7. The van der Waals surface area contributed by atoms with E-state index in [2.05, 4.69) is 73.6 Å². The minimum absolute atomic E-state index is 0.744. The highest BCUT2D eigenvalue weighted by atomic mass is 14.0. The van der Waals surface area contributed by atoms with E-state index in [1.54, 1.807) is 0 Å². The smallest absolute Gasteiger partial charge is 0.0966 e. The summed E-state index contributed by atoms with van der Waals surface area (Å²) in [6.07, 6.45) is 1.81. The molecule has 0 heterocycles. The van der Waals surface area contributed by atoms with Crippen molar-refractivity contribution in [3.63, 3.8) is 0 Å². The summed E-state index contributed by atoms with van der Waals surface area (Å²) >= 11 is 0. The van der Waals surface area contributed by atoms with Gasteiger partial charge >= 0.3 is 0 Å². The van der Waals surface area contributed by atoms with Gasteiger partial charge in [-0.15, -0.1) is 0 Å². The molecule has 4 aromatic rings. The average molecular weight is 444 g/mol. The lowest BCUT2D eigenvalue weighted by Gasteiger charge is -2.03. The number of aryl methyl sites for hydroxylation is 2. The maximum Gasteiger partial charge on any atom is 0.113 e. The third-order valence-electron chi connectivity index (χ3n) is 5.69. The summed E-state index contributed by atoms with van der Waals surface area (Å²) in [5.74, 6) is 19.7. The van der Waals surface area contributed by atoms with Crippen LogP contribution in [0.25, 0.3) is 0 Å². The van der Waals surface area contributed by atoms with Crippen molar-refractivity contribution in [2.75, 3.05) is 0 Å². The van der Waals surface area contributed by atoms with Crippen molar-refractivity contribution >= 4 is 13.3 Å². The van der Waals surface area contributed by atoms with E-state index in [0.29, 0.717) is 0 Å². The SMILES string of the molecule is [B]c1ccc(C#Cc2ccc(C#Cc3ccc(C#Cc4ccccc4)c(CC)c3)cc2CC)cc1. The molecule has 0 saturated carbocycles. The van der Waals surface area contributed by atoms with Crippen molar-refractivity contribution in [1.29, 1.82) is 0 Å². The topological polar surface area (TPSA) is 0 Å². The Balaban J connectivity index is 1.55. The minimum Gasteiger partial charge on any atom is -0.0966 e. The van der Waals surface area contributed by atoms with Gasteiger partial charge in [0.2, 0.25) is 0 Å². The summed E-state index contributed by atoms with van der Waals surface area (Å²) < 4.78 is 0. The van der Waals surface area contributed by atoms with E-state index in [1.165, 1.54) is 11.1 Å². The van der Waals surface area contributed by atoms with Crippen LogP contribution in [0.4, 0.5) is 0 Å². The molecular weight excluding hydrogens is 419 g/mol. The van der Waals surface area contributed by atoms with Crippen molar-refractivity contribution in [2.45, 2.75) is 26.7 Å². The molecule has 2 radical (unpaired) electrons. The van der Waals surface area contributed by atoms with Gasteiger partial charge in [-0.05, 0) is 84.6 Å². The minimum atomic E-state index is 0.744. The molecule has 0 aliphatic heterocycles. The molecule has 4 rings (SSSR count). The van der Waals surface area contributed by atoms with Gasteiger partial charge in [-0.2, -0.15) is 0 Å². The van der Waals surface area contributed by atoms with Crippen LogP contribution in [0.2, 0.25) is 0 Å². The Bertz CT molecular complexity index is 1510. The van der Waals surface area contributed by atoms with Crippen LogP contribution in [-0.2, 0) is 12.8 Å². The number of hydrogen-bond donors (Lipinski definition) is 0. The fourth-order valence-corrected chi connectivity index (χ4v) is 3.68. The van der Waals surface area contributed by atoms with E-state index < -0.39 is 0 Å². The summed E-state index contributed by atoms with van der Waals surface area (Å²) in [7, 11) is 5.76. The largest absolute Gasteiger partial charge is 0.113 e. The van der Waals surface area contributed by atoms with Crippen LogP contribution in [0.1, 0.15) is 58.4 Å². The lowest BCUT2D eigenvalue weighted by molar-refractivity contribution is 1.13. The standard InChI is InChI=1S/C34H25B/c1-3-30-24-28(14-20-32(30)18-12-26-8-6-5-7-9-26)10-11-29-15-21-33(31(4-2)25-29)19-13-27-16-22-34(35)23-17-27/h5-9,14-17,20-25H,3-4H2,1-2H3. The van der Waals surface area contributed by atoms with Crippen LogP contribution in [-0.4, -0.2) is 7.85 Å². The van der Waals surface area contributed by atoms with Gasteiger partial charge in [0, 0.05) is 33.4 Å². The molecule has 0 aliphatic carbocycles. The van der Waals surface area contributed by atoms with Crippen molar-refractivity contribution in [2.24, 2.45) is 0 Å². The summed E-state index contributed by atoms with van der Waals surface area (Å²) in [6.45, 7) is 4.29. The quantitative estimate of drug-likeness (QED) is 0.271. The fraction of sp³-hybridized carbons (Fsp3) is 0.118. The second-order valence-electron chi connectivity index (χ2n) is 8.19. The van der Waals surface area contributed by atoms with Crippen LogP contribution >= 0.6 is 0 Å². The van der Waals surface area contributed by atoms with Crippen molar-refractivity contribution in [3.05, 3.63) is 136 Å². The van der Waals surface area contributed by atoms with E-state index in [0.717, 1.165) is 51.7 Å². The Hall–Kier alpha value is -4.38. The highest BCUT2D eigenvalue weighted by Gasteiger charge is 2.01. The van der Waals surface area contributed by atoms with Crippen LogP contribution < -0.4 is 5.46 Å². The summed E-state index contributed by atoms with van der Waals surface area (Å²) in [6, 6.07) is 30.2. The molecule has 1 heteroatoms. The Morgan fingerprint density at radius 2 is 0.914 bits per heavy atom. The monoisotopic (exact) mass is 444 g/mol. The molecule has 0 saturated heterocycles. The zero-order chi connectivity index (χ0) is 24.5. The molecule has 0 N–H and O–H groups in total. The molecule has 0 aliphatic rings. The lowest BCUT2D eigenvalue weighted by Crippen LogP contribution is -1.99. The van der Waals surface area contributed by atoms with Crippen molar-refractivity contribution in [1.82, 2.24) is 0 Å². The molecular formula is C34H25B. The first-order valence-electron chi connectivity index (χ1n) is 11.9. The average Bonchev–Trinajstić information content (AvgIpc) is 2.91. The molecule has 0 aromatic heterocycles. The van der Waals surface area contributed by atoms with Gasteiger partial charge in [0.05, 0.1) is 0 Å². The first-order valence-corrected chi connectivity index (χ1v) is 11.9. The molecule has 0 fully saturated rings. The Labute approximate surface area is 210 Å². The van der Waals surface area contributed by atoms with Crippen LogP contribution in [0.3, 0.4) is 0 Å². The first-order chi connectivity index (χ1) is 17.1. The Morgan fingerprint density at radius 3 is 1.40 bits per heavy atom. The van der Waals surface area contributed by atoms with E-state index in [1.807, 2.05) is 66.7 Å². The highest BCUT2D eigenvalue weighted by Crippen LogP contribution is 2.14. The molecule has 0 bridgehead atoms. The second-order valence-corrected chi connectivity index (χ2v) is 8.19. The van der Waals surface area contributed by atoms with Gasteiger partial charge in [0.15, 0.2) is 0 Å². The van der Waals surface area contributed by atoms with Crippen molar-refractivity contribution < 1.29 is 0 Å². The van der Waals surface area contributed by atoms with Crippen LogP contribution in [0, 0.1) is 35.5 Å². The van der Waals surface area contributed by atoms with E-state index in [-0.39, 0.29) is 0 Å². The van der Waals surface area contributed by atoms with Gasteiger partial charge < -0.3 is 0 Å². The predicted octanol–water partition coefficient (Wildman–Crippen LogP) is 5.80. The van der Waals surface area contributed by atoms with Gasteiger partial charge in [-0.1, -0.05) is 85.2 Å². The zero-order valence-corrected chi connectivity index (χ0v) is 20.2. The Morgan fingerprint density at radius 1 is 0.486 bits per heavy atom. The predicted molar refractivity (Wildman–Crippen MR) is 148 cm³/mol. The molecule has 0 spiro atoms. The molecule has 0 nitrogen and oxygen atoms in total. The van der Waals surface area contributed by atoms with Gasteiger partial charge in [0.1, 0.15) is 7.85 Å². The van der Waals surface area contributed by atoms with E-state index in [9.17, 15) is 0 Å². The summed E-state index contributed by atoms with van der Waals surface area (Å²) in [4.78, 5) is 0. The van der Waals surface area contributed by atoms with E-state index in [4.69, 9.17) is 7.85 Å². The van der Waals surface area contributed by atoms with Gasteiger partial charge in [-0.3, -0.25) is 0 Å².